The molecule has 0 spiro atoms. The Morgan fingerprint density at radius 1 is 1.00 bits per heavy atom. The van der Waals surface area contributed by atoms with Crippen LogP contribution in [0.4, 0.5) is 0 Å². The minimum Gasteiger partial charge on any atom is -0.331 e. The average molecular weight is 292 g/mol. The molecule has 4 nitrogen and oxygen atoms in total. The maximum Gasteiger partial charge on any atom is 0.147 e. The first-order valence-corrected chi connectivity index (χ1v) is 7.04. The third-order valence-electron chi connectivity index (χ3n) is 3.61. The SMILES string of the molecule is Cn1cnc2c3cccnc3n(-c3ccccc3)c(=S)c21. The summed E-state index contributed by atoms with van der Waals surface area (Å²) in [4.78, 5) is 9.01. The number of hydrogen-bond donors (Lipinski definition) is 0. The van der Waals surface area contributed by atoms with Gasteiger partial charge < -0.3 is 4.57 Å². The van der Waals surface area contributed by atoms with Gasteiger partial charge in [0, 0.05) is 24.3 Å². The lowest BCUT2D eigenvalue weighted by Crippen LogP contribution is -2.03. The quantitative estimate of drug-likeness (QED) is 0.502. The summed E-state index contributed by atoms with van der Waals surface area (Å²) in [6.07, 6.45) is 3.58. The van der Waals surface area contributed by atoms with Gasteiger partial charge in [-0.2, -0.15) is 0 Å². The van der Waals surface area contributed by atoms with Gasteiger partial charge in [-0.1, -0.05) is 30.4 Å². The molecule has 0 radical (unpaired) electrons. The smallest absolute Gasteiger partial charge is 0.147 e. The monoisotopic (exact) mass is 292 g/mol. The van der Waals surface area contributed by atoms with Crippen LogP contribution in [0.1, 0.15) is 0 Å². The molecule has 1 aromatic carbocycles. The molecule has 4 rings (SSSR count). The maximum absolute atomic E-state index is 5.71. The summed E-state index contributed by atoms with van der Waals surface area (Å²) in [6.45, 7) is 0. The van der Waals surface area contributed by atoms with Gasteiger partial charge >= 0.3 is 0 Å². The second-order valence-corrected chi connectivity index (χ2v) is 5.29. The third-order valence-corrected chi connectivity index (χ3v) is 3.99. The number of para-hydroxylation sites is 1. The van der Waals surface area contributed by atoms with Crippen LogP contribution in [0.2, 0.25) is 0 Å². The van der Waals surface area contributed by atoms with Crippen molar-refractivity contribution in [2.24, 2.45) is 7.05 Å². The Bertz CT molecular complexity index is 1010. The van der Waals surface area contributed by atoms with Crippen molar-refractivity contribution in [1.82, 2.24) is 19.1 Å². The van der Waals surface area contributed by atoms with Crippen LogP contribution in [0.3, 0.4) is 0 Å². The van der Waals surface area contributed by atoms with Crippen LogP contribution >= 0.6 is 12.2 Å². The average Bonchev–Trinajstić information content (AvgIpc) is 2.91. The van der Waals surface area contributed by atoms with Crippen molar-refractivity contribution < 1.29 is 0 Å². The van der Waals surface area contributed by atoms with E-state index in [1.54, 1.807) is 12.5 Å². The standard InChI is InChI=1S/C16H12N4S/c1-19-10-18-13-12-8-5-9-17-15(12)20(16(21)14(13)19)11-6-3-2-4-7-11/h2-10H,1H3. The Morgan fingerprint density at radius 2 is 1.81 bits per heavy atom. The number of nitrogens with zero attached hydrogens (tertiary/aromatic N) is 4. The number of aryl methyl sites for hydroxylation is 1. The summed E-state index contributed by atoms with van der Waals surface area (Å²) in [5, 5.41) is 1.01. The molecule has 0 aliphatic carbocycles. The minimum atomic E-state index is 0.724. The van der Waals surface area contributed by atoms with E-state index in [9.17, 15) is 0 Å². The lowest BCUT2D eigenvalue weighted by atomic mass is 10.2. The largest absolute Gasteiger partial charge is 0.331 e. The number of benzene rings is 1. The lowest BCUT2D eigenvalue weighted by molar-refractivity contribution is 0.934. The van der Waals surface area contributed by atoms with Crippen molar-refractivity contribution in [3.05, 3.63) is 59.6 Å². The highest BCUT2D eigenvalue weighted by molar-refractivity contribution is 7.71. The first-order valence-electron chi connectivity index (χ1n) is 6.63. The highest BCUT2D eigenvalue weighted by Crippen LogP contribution is 2.26. The molecule has 0 N–H and O–H groups in total. The van der Waals surface area contributed by atoms with Gasteiger partial charge in [-0.3, -0.25) is 4.57 Å². The molecule has 0 saturated heterocycles. The molecule has 102 valence electrons. The fourth-order valence-electron chi connectivity index (χ4n) is 2.66. The summed E-state index contributed by atoms with van der Waals surface area (Å²) in [5.41, 5.74) is 3.70. The van der Waals surface area contributed by atoms with Crippen LogP contribution in [-0.4, -0.2) is 19.1 Å². The van der Waals surface area contributed by atoms with Crippen molar-refractivity contribution in [2.75, 3.05) is 0 Å². The Hall–Kier alpha value is -2.53. The molecule has 21 heavy (non-hydrogen) atoms. The molecular formula is C16H12N4S. The molecule has 0 aliphatic heterocycles. The molecule has 0 aliphatic rings. The molecule has 0 bridgehead atoms. The second-order valence-electron chi connectivity index (χ2n) is 4.90. The van der Waals surface area contributed by atoms with Crippen molar-refractivity contribution in [1.29, 1.82) is 0 Å². The first kappa shape index (κ1) is 12.2. The number of fused-ring (bicyclic) bond motifs is 3. The summed E-state index contributed by atoms with van der Waals surface area (Å²) in [5.74, 6) is 0. The van der Waals surface area contributed by atoms with E-state index < -0.39 is 0 Å². The Morgan fingerprint density at radius 3 is 2.62 bits per heavy atom. The molecule has 3 aromatic heterocycles. The zero-order valence-electron chi connectivity index (χ0n) is 11.4. The van der Waals surface area contributed by atoms with Crippen LogP contribution in [0.5, 0.6) is 0 Å². The number of hydrogen-bond acceptors (Lipinski definition) is 3. The molecule has 0 unspecified atom stereocenters. The number of aromatic nitrogens is 4. The van der Waals surface area contributed by atoms with Crippen LogP contribution in [-0.2, 0) is 7.05 Å². The van der Waals surface area contributed by atoms with Gasteiger partial charge in [0.25, 0.3) is 0 Å². The van der Waals surface area contributed by atoms with E-state index in [1.807, 2.05) is 58.6 Å². The fraction of sp³-hybridized carbons (Fsp3) is 0.0625. The van der Waals surface area contributed by atoms with Crippen LogP contribution in [0.15, 0.2) is 55.0 Å². The molecule has 4 aromatic rings. The van der Waals surface area contributed by atoms with Gasteiger partial charge in [0.2, 0.25) is 0 Å². The minimum absolute atomic E-state index is 0.724. The van der Waals surface area contributed by atoms with Crippen molar-refractivity contribution in [3.63, 3.8) is 0 Å². The Kier molecular flexibility index (Phi) is 2.62. The van der Waals surface area contributed by atoms with Gasteiger partial charge in [-0.25, -0.2) is 9.97 Å². The molecule has 0 fully saturated rings. The zero-order chi connectivity index (χ0) is 14.4. The van der Waals surface area contributed by atoms with E-state index >= 15 is 0 Å². The molecule has 0 saturated carbocycles. The van der Waals surface area contributed by atoms with E-state index in [2.05, 4.69) is 9.97 Å². The number of rotatable bonds is 1. The number of pyridine rings is 2. The van der Waals surface area contributed by atoms with Gasteiger partial charge in [0.1, 0.15) is 21.3 Å². The second kappa shape index (κ2) is 4.49. The van der Waals surface area contributed by atoms with E-state index in [-0.39, 0.29) is 0 Å². The highest BCUT2D eigenvalue weighted by Gasteiger charge is 2.13. The summed E-state index contributed by atoms with van der Waals surface area (Å²) >= 11 is 5.71. The van der Waals surface area contributed by atoms with E-state index in [0.29, 0.717) is 0 Å². The topological polar surface area (TPSA) is 35.6 Å². The first-order chi connectivity index (χ1) is 10.3. The zero-order valence-corrected chi connectivity index (χ0v) is 12.2. The number of imidazole rings is 1. The lowest BCUT2D eigenvalue weighted by Gasteiger charge is -2.12. The van der Waals surface area contributed by atoms with Crippen LogP contribution in [0, 0.1) is 4.64 Å². The van der Waals surface area contributed by atoms with Crippen molar-refractivity contribution in [3.8, 4) is 5.69 Å². The molecular weight excluding hydrogens is 280 g/mol. The summed E-state index contributed by atoms with van der Waals surface area (Å²) < 4.78 is 4.69. The van der Waals surface area contributed by atoms with E-state index in [4.69, 9.17) is 12.2 Å². The van der Waals surface area contributed by atoms with Crippen molar-refractivity contribution >= 4 is 34.3 Å². The van der Waals surface area contributed by atoms with Crippen LogP contribution in [0.25, 0.3) is 27.8 Å². The fourth-order valence-corrected chi connectivity index (χ4v) is 3.09. The summed E-state index contributed by atoms with van der Waals surface area (Å²) in [6, 6.07) is 14.0. The molecule has 3 heterocycles. The predicted octanol–water partition coefficient (Wildman–Crippen LogP) is 3.64. The third kappa shape index (κ3) is 1.71. The van der Waals surface area contributed by atoms with Gasteiger partial charge in [0.15, 0.2) is 0 Å². The van der Waals surface area contributed by atoms with Crippen LogP contribution < -0.4 is 0 Å². The maximum atomic E-state index is 5.71. The predicted molar refractivity (Wildman–Crippen MR) is 86.2 cm³/mol. The summed E-state index contributed by atoms with van der Waals surface area (Å²) in [7, 11) is 1.96. The van der Waals surface area contributed by atoms with Crippen molar-refractivity contribution in [2.45, 2.75) is 0 Å². The van der Waals surface area contributed by atoms with Gasteiger partial charge in [-0.15, -0.1) is 0 Å². The molecule has 0 atom stereocenters. The Balaban J connectivity index is 2.30. The van der Waals surface area contributed by atoms with E-state index in [0.717, 1.165) is 32.4 Å². The van der Waals surface area contributed by atoms with Gasteiger partial charge in [0.05, 0.1) is 6.33 Å². The molecule has 0 amide bonds. The highest BCUT2D eigenvalue weighted by atomic mass is 32.1. The normalized spacial score (nSPS) is 11.3. The van der Waals surface area contributed by atoms with E-state index in [1.165, 1.54) is 0 Å². The Labute approximate surface area is 126 Å². The molecule has 5 heteroatoms. The van der Waals surface area contributed by atoms with Gasteiger partial charge in [-0.05, 0) is 24.3 Å².